The molecule has 3 N–H and O–H groups in total. The van der Waals surface area contributed by atoms with E-state index in [-0.39, 0.29) is 6.61 Å². The number of hydrogen-bond donors (Lipinski definition) is 2. The second-order valence-corrected chi connectivity index (χ2v) is 9.12. The van der Waals surface area contributed by atoms with E-state index in [9.17, 15) is 4.79 Å². The molecule has 1 aromatic carbocycles. The minimum Gasteiger partial charge on any atom is -0.490 e. The van der Waals surface area contributed by atoms with Gasteiger partial charge >= 0.3 is 0 Å². The van der Waals surface area contributed by atoms with Crippen LogP contribution in [-0.4, -0.2) is 46.8 Å². The number of carbonyl (C=O) groups is 1. The number of aliphatic hydroxyl groups is 1. The van der Waals surface area contributed by atoms with Gasteiger partial charge in [-0.05, 0) is 63.0 Å². The second-order valence-electron chi connectivity index (χ2n) is 8.71. The Balaban J connectivity index is 0.000000192. The number of carbonyl (C=O) groups excluding carboxylic acids is 1. The molecule has 1 aliphatic carbocycles. The molecular weight excluding hydrogens is 454 g/mol. The van der Waals surface area contributed by atoms with Gasteiger partial charge in [0, 0.05) is 38.2 Å². The fraction of sp³-hybridized carbons (Fsp3) is 0.520. The topological polar surface area (TPSA) is 125 Å². The molecule has 0 atom stereocenters. The maximum absolute atomic E-state index is 10.9. The van der Waals surface area contributed by atoms with Crippen molar-refractivity contribution >= 4 is 23.5 Å². The van der Waals surface area contributed by atoms with Crippen molar-refractivity contribution in [3.63, 3.8) is 0 Å². The molecule has 1 aromatic heterocycles. The molecule has 34 heavy (non-hydrogen) atoms. The third-order valence-electron chi connectivity index (χ3n) is 6.27. The molecule has 0 spiro atoms. The van der Waals surface area contributed by atoms with E-state index in [1.54, 1.807) is 12.1 Å². The molecule has 0 unspecified atom stereocenters. The average molecular weight is 486 g/mol. The Bertz CT molecular complexity index is 966. The summed E-state index contributed by atoms with van der Waals surface area (Å²) in [5, 5.41) is 18.1. The molecule has 182 valence electrons. The van der Waals surface area contributed by atoms with Crippen LogP contribution in [0.4, 0.5) is 5.95 Å². The normalized spacial score (nSPS) is 16.8. The smallest absolute Gasteiger partial charge is 0.251 e. The Morgan fingerprint density at radius 2 is 1.85 bits per heavy atom. The number of nitrogens with zero attached hydrogens (tertiary/aromatic N) is 4. The number of ether oxygens (including phenoxy) is 1. The molecule has 8 nitrogen and oxygen atoms in total. The number of halogens is 1. The first-order valence-corrected chi connectivity index (χ1v) is 12.2. The van der Waals surface area contributed by atoms with Crippen molar-refractivity contribution in [1.82, 2.24) is 9.97 Å². The number of nitrogens with two attached hydrogens (primary N) is 1. The van der Waals surface area contributed by atoms with E-state index in [2.05, 4.69) is 14.9 Å². The number of aliphatic hydroxyl groups excluding tert-OH is 1. The van der Waals surface area contributed by atoms with Crippen molar-refractivity contribution < 1.29 is 14.6 Å². The van der Waals surface area contributed by atoms with E-state index in [1.807, 2.05) is 12.1 Å². The number of primary amides is 1. The molecule has 1 saturated carbocycles. The van der Waals surface area contributed by atoms with Gasteiger partial charge in [-0.1, -0.05) is 18.0 Å². The maximum Gasteiger partial charge on any atom is 0.251 e. The summed E-state index contributed by atoms with van der Waals surface area (Å²) >= 11 is 5.94. The van der Waals surface area contributed by atoms with Crippen molar-refractivity contribution in [2.75, 3.05) is 24.6 Å². The van der Waals surface area contributed by atoms with E-state index in [0.29, 0.717) is 34.1 Å². The summed E-state index contributed by atoms with van der Waals surface area (Å²) in [6, 6.07) is 7.30. The lowest BCUT2D eigenvalue weighted by atomic mass is 9.94. The number of aromatic nitrogens is 2. The fourth-order valence-electron chi connectivity index (χ4n) is 4.25. The SMILES string of the molecule is N#Cc1ccc(OC2CCCCC2)cc1Cl.NC(=O)c1cnc(N2CCC(CCO)CC2)nc1. The predicted molar refractivity (Wildman–Crippen MR) is 131 cm³/mol. The van der Waals surface area contributed by atoms with E-state index in [1.165, 1.54) is 31.7 Å². The first kappa shape index (κ1) is 25.7. The van der Waals surface area contributed by atoms with Gasteiger partial charge in [0.1, 0.15) is 11.8 Å². The van der Waals surface area contributed by atoms with Crippen LogP contribution in [0.2, 0.25) is 5.02 Å². The highest BCUT2D eigenvalue weighted by molar-refractivity contribution is 6.31. The van der Waals surface area contributed by atoms with Crippen molar-refractivity contribution in [2.24, 2.45) is 11.7 Å². The van der Waals surface area contributed by atoms with Crippen LogP contribution in [0.15, 0.2) is 30.6 Å². The van der Waals surface area contributed by atoms with Crippen molar-refractivity contribution in [3.8, 4) is 11.8 Å². The molecule has 2 aromatic rings. The quantitative estimate of drug-likeness (QED) is 0.630. The van der Waals surface area contributed by atoms with Gasteiger partial charge in [0.25, 0.3) is 5.91 Å². The van der Waals surface area contributed by atoms with Gasteiger partial charge in [0.15, 0.2) is 0 Å². The molecule has 0 radical (unpaired) electrons. The minimum atomic E-state index is -0.511. The lowest BCUT2D eigenvalue weighted by Crippen LogP contribution is -2.35. The van der Waals surface area contributed by atoms with Gasteiger partial charge in [-0.15, -0.1) is 0 Å². The summed E-state index contributed by atoms with van der Waals surface area (Å²) in [6.45, 7) is 2.04. The summed E-state index contributed by atoms with van der Waals surface area (Å²) in [6.07, 6.45) is 12.2. The van der Waals surface area contributed by atoms with Crippen molar-refractivity contribution in [1.29, 1.82) is 5.26 Å². The highest BCUT2D eigenvalue weighted by atomic mass is 35.5. The van der Waals surface area contributed by atoms with Crippen LogP contribution in [0.25, 0.3) is 0 Å². The van der Waals surface area contributed by atoms with Gasteiger partial charge in [0.05, 0.1) is 22.3 Å². The largest absolute Gasteiger partial charge is 0.490 e. The Labute approximate surface area is 205 Å². The van der Waals surface area contributed by atoms with E-state index in [4.69, 9.17) is 32.4 Å². The highest BCUT2D eigenvalue weighted by Crippen LogP contribution is 2.27. The summed E-state index contributed by atoms with van der Waals surface area (Å²) in [5.41, 5.74) is 5.96. The highest BCUT2D eigenvalue weighted by Gasteiger charge is 2.20. The third kappa shape index (κ3) is 7.57. The van der Waals surface area contributed by atoms with Gasteiger partial charge in [-0.3, -0.25) is 4.79 Å². The zero-order chi connectivity index (χ0) is 24.3. The van der Waals surface area contributed by atoms with Crippen LogP contribution in [-0.2, 0) is 0 Å². The summed E-state index contributed by atoms with van der Waals surface area (Å²) in [5.74, 6) is 1.50. The Morgan fingerprint density at radius 1 is 1.18 bits per heavy atom. The minimum absolute atomic E-state index is 0.258. The molecule has 1 saturated heterocycles. The van der Waals surface area contributed by atoms with Crippen molar-refractivity contribution in [3.05, 3.63) is 46.7 Å². The standard InChI is InChI=1S/C13H14ClNO.C12H18N4O2/c14-13-8-12(7-6-10(13)9-15)16-11-4-2-1-3-5-11;13-11(18)10-7-14-12(15-8-10)16-4-1-9(2-5-16)3-6-17/h6-8,11H,1-5H2;7-9,17H,1-6H2,(H2,13,18). The monoisotopic (exact) mass is 485 g/mol. The van der Waals surface area contributed by atoms with Gasteiger partial charge in [-0.2, -0.15) is 5.26 Å². The first-order chi connectivity index (χ1) is 16.5. The number of benzene rings is 1. The Kier molecular flexibility index (Phi) is 9.92. The predicted octanol–water partition coefficient (Wildman–Crippen LogP) is 4.10. The Hall–Kier alpha value is -2.89. The molecule has 2 aliphatic rings. The lowest BCUT2D eigenvalue weighted by Gasteiger charge is -2.31. The fourth-order valence-corrected chi connectivity index (χ4v) is 4.46. The van der Waals surface area contributed by atoms with Crippen LogP contribution in [0.3, 0.4) is 0 Å². The Morgan fingerprint density at radius 3 is 2.41 bits per heavy atom. The summed E-state index contributed by atoms with van der Waals surface area (Å²) in [7, 11) is 0. The molecule has 2 heterocycles. The number of anilines is 1. The summed E-state index contributed by atoms with van der Waals surface area (Å²) < 4.78 is 5.84. The van der Waals surface area contributed by atoms with Crippen LogP contribution in [0.5, 0.6) is 5.75 Å². The zero-order valence-corrected chi connectivity index (χ0v) is 20.1. The number of amides is 1. The number of hydrogen-bond acceptors (Lipinski definition) is 7. The van der Waals surface area contributed by atoms with Gasteiger partial charge in [-0.25, -0.2) is 9.97 Å². The molecule has 0 bridgehead atoms. The number of rotatable bonds is 6. The van der Waals surface area contributed by atoms with Crippen LogP contribution < -0.4 is 15.4 Å². The van der Waals surface area contributed by atoms with Crippen LogP contribution >= 0.6 is 11.6 Å². The van der Waals surface area contributed by atoms with E-state index < -0.39 is 5.91 Å². The van der Waals surface area contributed by atoms with Gasteiger partial charge < -0.3 is 20.5 Å². The average Bonchev–Trinajstić information content (AvgIpc) is 2.86. The zero-order valence-electron chi connectivity index (χ0n) is 19.3. The van der Waals surface area contributed by atoms with Crippen molar-refractivity contribution in [2.45, 2.75) is 57.5 Å². The summed E-state index contributed by atoms with van der Waals surface area (Å²) in [4.78, 5) is 21.3. The molecule has 1 amide bonds. The number of nitriles is 1. The lowest BCUT2D eigenvalue weighted by molar-refractivity contribution is 0.0999. The molecular formula is C25H32ClN5O3. The van der Waals surface area contributed by atoms with Crippen LogP contribution in [0, 0.1) is 17.2 Å². The molecule has 9 heteroatoms. The number of piperidine rings is 1. The maximum atomic E-state index is 10.9. The van der Waals surface area contributed by atoms with E-state index in [0.717, 1.165) is 50.9 Å². The molecule has 1 aliphatic heterocycles. The molecule has 2 fully saturated rings. The second kappa shape index (κ2) is 13.1. The van der Waals surface area contributed by atoms with E-state index >= 15 is 0 Å². The third-order valence-corrected chi connectivity index (χ3v) is 6.59. The van der Waals surface area contributed by atoms with Gasteiger partial charge in [0.2, 0.25) is 5.95 Å². The first-order valence-electron chi connectivity index (χ1n) is 11.8. The molecule has 4 rings (SSSR count). The van der Waals surface area contributed by atoms with Crippen LogP contribution in [0.1, 0.15) is 67.3 Å².